The second-order valence-electron chi connectivity index (χ2n) is 3.52. The fourth-order valence-electron chi connectivity index (χ4n) is 1.34. The zero-order valence-electron chi connectivity index (χ0n) is 10.6. The number of nitro groups is 1. The number of carbonyl (C=O) groups is 1. The van der Waals surface area contributed by atoms with Gasteiger partial charge in [0.25, 0.3) is 5.69 Å². The summed E-state index contributed by atoms with van der Waals surface area (Å²) >= 11 is 0. The second kappa shape index (κ2) is 7.41. The first-order valence-electron chi connectivity index (χ1n) is 5.46. The Morgan fingerprint density at radius 3 is 2.90 bits per heavy atom. The third kappa shape index (κ3) is 4.33. The van der Waals surface area contributed by atoms with Gasteiger partial charge in [0, 0.05) is 35.6 Å². The van der Waals surface area contributed by atoms with Crippen LogP contribution in [0.25, 0.3) is 10.4 Å². The number of carbonyl (C=O) groups excluding carboxylic acids is 1. The van der Waals surface area contributed by atoms with Gasteiger partial charge in [-0.05, 0) is 11.6 Å². The minimum atomic E-state index is -0.675. The highest BCUT2D eigenvalue weighted by Gasteiger charge is 2.14. The number of benzene rings is 1. The highest BCUT2D eigenvalue weighted by molar-refractivity contribution is 5.90. The van der Waals surface area contributed by atoms with Crippen molar-refractivity contribution in [3.63, 3.8) is 0 Å². The quantitative estimate of drug-likeness (QED) is 0.122. The van der Waals surface area contributed by atoms with E-state index in [2.05, 4.69) is 26.6 Å². The van der Waals surface area contributed by atoms with Crippen molar-refractivity contribution < 1.29 is 14.5 Å². The van der Waals surface area contributed by atoms with E-state index in [9.17, 15) is 14.9 Å². The molecule has 0 spiro atoms. The fraction of sp³-hybridized carbons (Fsp3) is 0.250. The highest BCUT2D eigenvalue weighted by atomic mass is 16.6. The molecule has 1 aromatic rings. The van der Waals surface area contributed by atoms with Crippen LogP contribution in [-0.4, -0.2) is 24.5 Å². The van der Waals surface area contributed by atoms with Crippen LogP contribution >= 0.6 is 0 Å². The van der Waals surface area contributed by atoms with E-state index in [1.165, 1.54) is 19.2 Å². The summed E-state index contributed by atoms with van der Waals surface area (Å²) in [6.07, 6.45) is 0.320. The number of esters is 1. The molecular weight excluding hydrogens is 264 g/mol. The molecule has 0 bridgehead atoms. The van der Waals surface area contributed by atoms with E-state index in [1.54, 1.807) is 0 Å². The van der Waals surface area contributed by atoms with Crippen molar-refractivity contribution in [3.05, 3.63) is 49.9 Å². The maximum atomic E-state index is 11.4. The molecule has 0 heterocycles. The van der Waals surface area contributed by atoms with E-state index in [1.807, 2.05) is 0 Å². The second-order valence-corrected chi connectivity index (χ2v) is 3.52. The summed E-state index contributed by atoms with van der Waals surface area (Å²) < 4.78 is 4.52. The first-order chi connectivity index (χ1) is 9.58. The smallest absolute Gasteiger partial charge is 0.338 e. The van der Waals surface area contributed by atoms with Crippen LogP contribution in [0.5, 0.6) is 0 Å². The molecule has 0 saturated heterocycles. The van der Waals surface area contributed by atoms with Gasteiger partial charge in [-0.25, -0.2) is 4.79 Å². The van der Waals surface area contributed by atoms with Gasteiger partial charge in [-0.15, -0.1) is 0 Å². The lowest BCUT2D eigenvalue weighted by Crippen LogP contribution is -2.03. The molecule has 0 aliphatic carbocycles. The minimum Gasteiger partial charge on any atom is -0.465 e. The van der Waals surface area contributed by atoms with E-state index >= 15 is 0 Å². The summed E-state index contributed by atoms with van der Waals surface area (Å²) in [6, 6.07) is 3.78. The number of non-ortho nitro benzene ring substituents is 1. The largest absolute Gasteiger partial charge is 0.465 e. The van der Waals surface area contributed by atoms with E-state index in [-0.39, 0.29) is 17.8 Å². The van der Waals surface area contributed by atoms with Gasteiger partial charge in [-0.2, -0.15) is 0 Å². The maximum Gasteiger partial charge on any atom is 0.338 e. The Kier molecular flexibility index (Phi) is 5.56. The van der Waals surface area contributed by atoms with E-state index in [4.69, 9.17) is 5.53 Å². The molecule has 102 valence electrons. The number of rotatable bonds is 4. The Labute approximate surface area is 114 Å². The topological polar surface area (TPSA) is 118 Å². The van der Waals surface area contributed by atoms with Crippen molar-refractivity contribution in [3.8, 4) is 11.8 Å². The summed E-state index contributed by atoms with van der Waals surface area (Å²) in [4.78, 5) is 24.1. The Bertz CT molecular complexity index is 639. The zero-order valence-corrected chi connectivity index (χ0v) is 10.6. The fourth-order valence-corrected chi connectivity index (χ4v) is 1.34. The third-order valence-electron chi connectivity index (χ3n) is 2.18. The molecule has 0 fully saturated rings. The van der Waals surface area contributed by atoms with Gasteiger partial charge in [0.2, 0.25) is 0 Å². The van der Waals surface area contributed by atoms with Gasteiger partial charge in [0.15, 0.2) is 0 Å². The lowest BCUT2D eigenvalue weighted by atomic mass is 10.1. The van der Waals surface area contributed by atoms with Crippen molar-refractivity contribution >= 4 is 11.7 Å². The SMILES string of the molecule is COC(=O)c1cc(C#CCCN=[N+]=[N-])cc([N+](=O)[O-])c1. The number of hydrogen-bond acceptors (Lipinski definition) is 5. The summed E-state index contributed by atoms with van der Waals surface area (Å²) in [5, 5.41) is 14.1. The molecule has 1 aromatic carbocycles. The molecule has 0 radical (unpaired) electrons. The lowest BCUT2D eigenvalue weighted by molar-refractivity contribution is -0.384. The third-order valence-corrected chi connectivity index (χ3v) is 2.18. The molecule has 0 aliphatic heterocycles. The molecule has 1 rings (SSSR count). The Morgan fingerprint density at radius 1 is 1.55 bits per heavy atom. The van der Waals surface area contributed by atoms with Crippen molar-refractivity contribution in [2.75, 3.05) is 13.7 Å². The summed E-state index contributed by atoms with van der Waals surface area (Å²) in [7, 11) is 1.19. The molecule has 0 aromatic heterocycles. The summed E-state index contributed by atoms with van der Waals surface area (Å²) in [6.45, 7) is 0.211. The van der Waals surface area contributed by atoms with Gasteiger partial charge in [-0.3, -0.25) is 10.1 Å². The normalized spacial score (nSPS) is 8.85. The average Bonchev–Trinajstić information content (AvgIpc) is 2.45. The van der Waals surface area contributed by atoms with Gasteiger partial charge in [0.1, 0.15) is 0 Å². The molecule has 0 saturated carbocycles. The van der Waals surface area contributed by atoms with Crippen LogP contribution in [0.2, 0.25) is 0 Å². The summed E-state index contributed by atoms with van der Waals surface area (Å²) in [5.74, 6) is 4.69. The number of ether oxygens (including phenoxy) is 1. The molecule has 0 atom stereocenters. The molecule has 0 unspecified atom stereocenters. The van der Waals surface area contributed by atoms with Gasteiger partial charge >= 0.3 is 5.97 Å². The maximum absolute atomic E-state index is 11.4. The minimum absolute atomic E-state index is 0.0565. The molecule has 8 heteroatoms. The Morgan fingerprint density at radius 2 is 2.30 bits per heavy atom. The van der Waals surface area contributed by atoms with Crippen molar-refractivity contribution in [1.29, 1.82) is 0 Å². The standard InChI is InChI=1S/C12H10N4O4/c1-20-12(17)10-6-9(4-2-3-5-14-15-13)7-11(8-10)16(18)19/h6-8H,3,5H2,1H3. The molecular formula is C12H10N4O4. The first-order valence-corrected chi connectivity index (χ1v) is 5.46. The van der Waals surface area contributed by atoms with Crippen LogP contribution < -0.4 is 0 Å². The number of nitro benzene ring substituents is 1. The van der Waals surface area contributed by atoms with Crippen LogP contribution in [0.1, 0.15) is 22.3 Å². The molecule has 0 amide bonds. The highest BCUT2D eigenvalue weighted by Crippen LogP contribution is 2.17. The Balaban J connectivity index is 3.05. The monoisotopic (exact) mass is 274 g/mol. The van der Waals surface area contributed by atoms with Crippen LogP contribution in [0.3, 0.4) is 0 Å². The van der Waals surface area contributed by atoms with Gasteiger partial charge in [0.05, 0.1) is 17.6 Å². The predicted molar refractivity (Wildman–Crippen MR) is 69.9 cm³/mol. The predicted octanol–water partition coefficient (Wildman–Crippen LogP) is 2.43. The van der Waals surface area contributed by atoms with Crippen LogP contribution in [-0.2, 0) is 4.74 Å². The van der Waals surface area contributed by atoms with E-state index < -0.39 is 10.9 Å². The van der Waals surface area contributed by atoms with Crippen molar-refractivity contribution in [2.24, 2.45) is 5.11 Å². The Hall–Kier alpha value is -3.04. The first kappa shape index (κ1) is 15.0. The van der Waals surface area contributed by atoms with Crippen LogP contribution in [0, 0.1) is 22.0 Å². The van der Waals surface area contributed by atoms with Gasteiger partial charge in [-0.1, -0.05) is 17.0 Å². The average molecular weight is 274 g/mol. The van der Waals surface area contributed by atoms with E-state index in [0.717, 1.165) is 6.07 Å². The number of nitrogens with zero attached hydrogens (tertiary/aromatic N) is 4. The lowest BCUT2D eigenvalue weighted by Gasteiger charge is -2.00. The van der Waals surface area contributed by atoms with Crippen LogP contribution in [0.15, 0.2) is 23.3 Å². The number of hydrogen-bond donors (Lipinski definition) is 0. The van der Waals surface area contributed by atoms with E-state index in [0.29, 0.717) is 12.0 Å². The zero-order chi connectivity index (χ0) is 15.0. The molecule has 0 N–H and O–H groups in total. The number of methoxy groups -OCH3 is 1. The molecule has 0 aliphatic rings. The van der Waals surface area contributed by atoms with Crippen molar-refractivity contribution in [2.45, 2.75) is 6.42 Å². The van der Waals surface area contributed by atoms with Gasteiger partial charge < -0.3 is 4.74 Å². The molecule has 20 heavy (non-hydrogen) atoms. The van der Waals surface area contributed by atoms with Crippen LogP contribution in [0.4, 0.5) is 5.69 Å². The van der Waals surface area contributed by atoms with Crippen molar-refractivity contribution in [1.82, 2.24) is 0 Å². The summed E-state index contributed by atoms with van der Waals surface area (Å²) in [5.41, 5.74) is 8.22. The molecule has 8 nitrogen and oxygen atoms in total. The number of azide groups is 1.